The molecule has 0 radical (unpaired) electrons. The quantitative estimate of drug-likeness (QED) is 0.786. The van der Waals surface area contributed by atoms with Crippen LogP contribution < -0.4 is 0 Å². The Morgan fingerprint density at radius 3 is 2.72 bits per heavy atom. The number of hydrogen-bond donors (Lipinski definition) is 0. The fraction of sp³-hybridized carbons (Fsp3) is 0.737. The largest absolute Gasteiger partial charge is 0.458 e. The van der Waals surface area contributed by atoms with Gasteiger partial charge in [-0.15, -0.1) is 0 Å². The van der Waals surface area contributed by atoms with Crippen molar-refractivity contribution in [1.29, 1.82) is 0 Å². The molecule has 0 bridgehead atoms. The van der Waals surface area contributed by atoms with Crippen molar-refractivity contribution >= 4 is 11.9 Å². The van der Waals surface area contributed by atoms with Gasteiger partial charge in [-0.05, 0) is 56.9 Å². The molecule has 0 unspecified atom stereocenters. The molecule has 1 aliphatic carbocycles. The number of hydrogen-bond acceptors (Lipinski definition) is 4. The molecule has 0 aromatic carbocycles. The summed E-state index contributed by atoms with van der Waals surface area (Å²) in [4.78, 5) is 26.9. The Bertz CT molecular complexity index is 614. The van der Waals surface area contributed by atoms with Crippen molar-refractivity contribution in [2.45, 2.75) is 63.5 Å². The molecule has 1 amide bonds. The summed E-state index contributed by atoms with van der Waals surface area (Å²) < 4.78 is 7.61. The number of likely N-dealkylation sites (tertiary alicyclic amines) is 1. The Morgan fingerprint density at radius 1 is 1.28 bits per heavy atom. The molecule has 4 rings (SSSR count). The van der Waals surface area contributed by atoms with Crippen LogP contribution in [0.1, 0.15) is 51.4 Å². The first kappa shape index (κ1) is 16.6. The lowest BCUT2D eigenvalue weighted by atomic mass is 9.83. The summed E-state index contributed by atoms with van der Waals surface area (Å²) in [5.74, 6) is 0.367. The number of rotatable bonds is 4. The average Bonchev–Trinajstić information content (AvgIpc) is 3.36. The van der Waals surface area contributed by atoms with E-state index in [1.807, 2.05) is 28.0 Å². The van der Waals surface area contributed by atoms with Gasteiger partial charge in [0.15, 0.2) is 0 Å². The van der Waals surface area contributed by atoms with Gasteiger partial charge in [-0.1, -0.05) is 0 Å². The molecule has 0 N–H and O–H groups in total. The van der Waals surface area contributed by atoms with E-state index in [0.29, 0.717) is 5.92 Å². The van der Waals surface area contributed by atoms with Crippen LogP contribution >= 0.6 is 0 Å². The lowest BCUT2D eigenvalue weighted by molar-refractivity contribution is -0.152. The second kappa shape index (κ2) is 6.81. The van der Waals surface area contributed by atoms with E-state index in [1.54, 1.807) is 0 Å². The number of ether oxygens (including phenoxy) is 1. The van der Waals surface area contributed by atoms with Crippen molar-refractivity contribution < 1.29 is 14.3 Å². The van der Waals surface area contributed by atoms with Crippen LogP contribution in [0.15, 0.2) is 18.5 Å². The summed E-state index contributed by atoms with van der Waals surface area (Å²) in [7, 11) is 0. The second-order valence-corrected chi connectivity index (χ2v) is 7.83. The topological polar surface area (TPSA) is 64.4 Å². The number of carbonyl (C=O) groups excluding carboxylic acids is 2. The first-order valence-electron chi connectivity index (χ1n) is 9.64. The van der Waals surface area contributed by atoms with Gasteiger partial charge in [0, 0.05) is 32.0 Å². The van der Waals surface area contributed by atoms with Crippen molar-refractivity contribution in [1.82, 2.24) is 14.7 Å². The van der Waals surface area contributed by atoms with E-state index < -0.39 is 5.60 Å². The zero-order valence-corrected chi connectivity index (χ0v) is 14.7. The molecule has 6 nitrogen and oxygen atoms in total. The number of aromatic nitrogens is 2. The lowest BCUT2D eigenvalue weighted by Gasteiger charge is -2.36. The Labute approximate surface area is 148 Å². The highest BCUT2D eigenvalue weighted by Crippen LogP contribution is 2.46. The number of carbonyl (C=O) groups is 2. The SMILES string of the molecule is O=C1C[C@H](C(=O)N2CCC(CCn3cccn3)CC2)C2(CCCC2)O1. The Balaban J connectivity index is 1.31. The molecule has 3 aliphatic rings. The van der Waals surface area contributed by atoms with Gasteiger partial charge in [-0.3, -0.25) is 14.3 Å². The molecular formula is C19H27N3O3. The van der Waals surface area contributed by atoms with Gasteiger partial charge in [0.25, 0.3) is 0 Å². The summed E-state index contributed by atoms with van der Waals surface area (Å²) in [6, 6.07) is 1.95. The molecule has 1 saturated carbocycles. The fourth-order valence-electron chi connectivity index (χ4n) is 4.84. The number of piperidine rings is 1. The van der Waals surface area contributed by atoms with Gasteiger partial charge in [-0.2, -0.15) is 5.10 Å². The predicted octanol–water partition coefficient (Wildman–Crippen LogP) is 2.39. The highest BCUT2D eigenvalue weighted by Gasteiger charge is 2.54. The van der Waals surface area contributed by atoms with Crippen molar-refractivity contribution in [2.75, 3.05) is 13.1 Å². The number of nitrogens with zero attached hydrogens (tertiary/aromatic N) is 3. The van der Waals surface area contributed by atoms with E-state index in [0.717, 1.165) is 64.6 Å². The van der Waals surface area contributed by atoms with E-state index in [-0.39, 0.29) is 24.2 Å². The van der Waals surface area contributed by atoms with E-state index in [9.17, 15) is 9.59 Å². The van der Waals surface area contributed by atoms with Crippen LogP contribution in [0.25, 0.3) is 0 Å². The van der Waals surface area contributed by atoms with Crippen LogP contribution in [-0.4, -0.2) is 45.2 Å². The minimum atomic E-state index is -0.481. The monoisotopic (exact) mass is 345 g/mol. The van der Waals surface area contributed by atoms with Gasteiger partial charge >= 0.3 is 5.97 Å². The smallest absolute Gasteiger partial charge is 0.307 e. The third-order valence-electron chi connectivity index (χ3n) is 6.32. The molecule has 2 saturated heterocycles. The van der Waals surface area contributed by atoms with Crippen molar-refractivity contribution in [2.24, 2.45) is 11.8 Å². The third kappa shape index (κ3) is 3.31. The van der Waals surface area contributed by atoms with Crippen LogP contribution in [0, 0.1) is 11.8 Å². The molecular weight excluding hydrogens is 318 g/mol. The van der Waals surface area contributed by atoms with Crippen LogP contribution in [0.3, 0.4) is 0 Å². The predicted molar refractivity (Wildman–Crippen MR) is 91.5 cm³/mol. The molecule has 2 aliphatic heterocycles. The summed E-state index contributed by atoms with van der Waals surface area (Å²) >= 11 is 0. The lowest BCUT2D eigenvalue weighted by Crippen LogP contribution is -2.47. The van der Waals surface area contributed by atoms with Gasteiger partial charge in [0.1, 0.15) is 5.60 Å². The minimum Gasteiger partial charge on any atom is -0.458 e. The molecule has 3 fully saturated rings. The third-order valence-corrected chi connectivity index (χ3v) is 6.32. The Kier molecular flexibility index (Phi) is 4.52. The van der Waals surface area contributed by atoms with E-state index in [4.69, 9.17) is 4.74 Å². The molecule has 25 heavy (non-hydrogen) atoms. The molecule has 136 valence electrons. The number of amides is 1. The first-order chi connectivity index (χ1) is 12.2. The van der Waals surface area contributed by atoms with Gasteiger partial charge in [0.2, 0.25) is 5.91 Å². The van der Waals surface area contributed by atoms with E-state index >= 15 is 0 Å². The maximum absolute atomic E-state index is 13.0. The van der Waals surface area contributed by atoms with Crippen molar-refractivity contribution in [3.63, 3.8) is 0 Å². The van der Waals surface area contributed by atoms with Crippen molar-refractivity contribution in [3.8, 4) is 0 Å². The van der Waals surface area contributed by atoms with Crippen LogP contribution in [0.4, 0.5) is 0 Å². The van der Waals surface area contributed by atoms with E-state index in [1.165, 1.54) is 0 Å². The molecule has 1 aromatic heterocycles. The summed E-state index contributed by atoms with van der Waals surface area (Å²) in [5, 5.41) is 4.25. The van der Waals surface area contributed by atoms with Crippen molar-refractivity contribution in [3.05, 3.63) is 18.5 Å². The highest BCUT2D eigenvalue weighted by molar-refractivity contribution is 5.88. The number of aryl methyl sites for hydroxylation is 1. The Hall–Kier alpha value is -1.85. The Morgan fingerprint density at radius 2 is 2.04 bits per heavy atom. The standard InChI is InChI=1S/C19H27N3O3/c23-17-14-16(19(25-17)7-1-2-8-19)18(24)21-11-4-15(5-12-21)6-13-22-10-3-9-20-22/h3,9-10,15-16H,1-2,4-8,11-14H2/t16-/m1/s1. The molecule has 1 atom stereocenters. The average molecular weight is 345 g/mol. The zero-order chi connectivity index (χ0) is 17.3. The van der Waals surface area contributed by atoms with Crippen LogP contribution in [-0.2, 0) is 20.9 Å². The first-order valence-corrected chi connectivity index (χ1v) is 9.64. The molecule has 3 heterocycles. The molecule has 1 spiro atoms. The molecule has 1 aromatic rings. The summed E-state index contributed by atoms with van der Waals surface area (Å²) in [6.45, 7) is 2.56. The van der Waals surface area contributed by atoms with Gasteiger partial charge in [-0.25, -0.2) is 0 Å². The van der Waals surface area contributed by atoms with Gasteiger partial charge in [0.05, 0.1) is 12.3 Å². The fourth-order valence-corrected chi connectivity index (χ4v) is 4.84. The zero-order valence-electron chi connectivity index (χ0n) is 14.7. The van der Waals surface area contributed by atoms with Crippen LogP contribution in [0.2, 0.25) is 0 Å². The van der Waals surface area contributed by atoms with Crippen LogP contribution in [0.5, 0.6) is 0 Å². The maximum Gasteiger partial charge on any atom is 0.307 e. The minimum absolute atomic E-state index is 0.151. The normalized spacial score (nSPS) is 26.3. The second-order valence-electron chi connectivity index (χ2n) is 7.83. The van der Waals surface area contributed by atoms with E-state index in [2.05, 4.69) is 5.10 Å². The molecule has 6 heteroatoms. The summed E-state index contributed by atoms with van der Waals surface area (Å²) in [6.07, 6.45) is 11.1. The summed E-state index contributed by atoms with van der Waals surface area (Å²) in [5.41, 5.74) is -0.481. The van der Waals surface area contributed by atoms with Gasteiger partial charge < -0.3 is 9.64 Å². The highest BCUT2D eigenvalue weighted by atomic mass is 16.6. The maximum atomic E-state index is 13.0. The number of esters is 1.